The van der Waals surface area contributed by atoms with Gasteiger partial charge in [0.15, 0.2) is 0 Å². The molecule has 2 nitrogen and oxygen atoms in total. The zero-order chi connectivity index (χ0) is 15.1. The summed E-state index contributed by atoms with van der Waals surface area (Å²) in [7, 11) is 0. The van der Waals surface area contributed by atoms with Gasteiger partial charge in [0.2, 0.25) is 0 Å². The van der Waals surface area contributed by atoms with Gasteiger partial charge >= 0.3 is 0 Å². The van der Waals surface area contributed by atoms with Crippen LogP contribution >= 0.6 is 0 Å². The summed E-state index contributed by atoms with van der Waals surface area (Å²) in [6.07, 6.45) is 22.8. The maximum absolute atomic E-state index is 9.50. The van der Waals surface area contributed by atoms with E-state index in [1.54, 1.807) is 0 Å². The van der Waals surface area contributed by atoms with Crippen molar-refractivity contribution in [2.24, 2.45) is 5.73 Å². The number of aliphatic hydroxyl groups is 1. The number of allylic oxidation sites excluding steroid dienone is 7. The van der Waals surface area contributed by atoms with Gasteiger partial charge in [-0.1, -0.05) is 55.5 Å². The molecule has 0 spiro atoms. The first kappa shape index (κ1) is 18.9. The molecule has 0 rings (SSSR count). The average molecular weight is 277 g/mol. The van der Waals surface area contributed by atoms with Crippen LogP contribution in [0.3, 0.4) is 0 Å². The lowest BCUT2D eigenvalue weighted by Crippen LogP contribution is -2.30. The Bertz CT molecular complexity index is 313. The Morgan fingerprint density at radius 3 is 1.90 bits per heavy atom. The number of rotatable bonds is 11. The molecule has 0 bridgehead atoms. The van der Waals surface area contributed by atoms with E-state index >= 15 is 0 Å². The molecule has 114 valence electrons. The van der Waals surface area contributed by atoms with Crippen LogP contribution in [0, 0.1) is 0 Å². The van der Waals surface area contributed by atoms with Crippen LogP contribution < -0.4 is 5.73 Å². The normalized spacial score (nSPS) is 16.0. The Labute approximate surface area is 124 Å². The first-order chi connectivity index (χ1) is 9.68. The lowest BCUT2D eigenvalue weighted by molar-refractivity contribution is 0.154. The summed E-state index contributed by atoms with van der Waals surface area (Å²) in [5.74, 6) is 0. The molecule has 0 fully saturated rings. The van der Waals surface area contributed by atoms with Crippen LogP contribution in [-0.4, -0.2) is 17.3 Å². The summed E-state index contributed by atoms with van der Waals surface area (Å²) in [5.41, 5.74) is 5.58. The molecule has 0 aromatic heterocycles. The fourth-order valence-corrected chi connectivity index (χ4v) is 1.59. The van der Waals surface area contributed by atoms with Crippen LogP contribution in [0.2, 0.25) is 0 Å². The van der Waals surface area contributed by atoms with Crippen LogP contribution in [0.1, 0.15) is 52.4 Å². The van der Waals surface area contributed by atoms with Gasteiger partial charge in [-0.25, -0.2) is 0 Å². The first-order valence-electron chi connectivity index (χ1n) is 7.72. The lowest BCUT2D eigenvalue weighted by atomic mass is 10.1. The van der Waals surface area contributed by atoms with Gasteiger partial charge in [0.25, 0.3) is 0 Å². The van der Waals surface area contributed by atoms with Gasteiger partial charge in [-0.3, -0.25) is 0 Å². The number of hydrogen-bond donors (Lipinski definition) is 2. The van der Waals surface area contributed by atoms with Gasteiger partial charge in [-0.05, 0) is 45.4 Å². The van der Waals surface area contributed by atoms with Crippen molar-refractivity contribution in [1.82, 2.24) is 0 Å². The number of nitrogens with two attached hydrogens (primary N) is 1. The van der Waals surface area contributed by atoms with Crippen LogP contribution in [0.15, 0.2) is 48.6 Å². The molecule has 2 heteroatoms. The Balaban J connectivity index is 3.48. The van der Waals surface area contributed by atoms with E-state index in [4.69, 9.17) is 5.73 Å². The molecule has 3 N–H and O–H groups in total. The quantitative estimate of drug-likeness (QED) is 0.437. The van der Waals surface area contributed by atoms with Crippen LogP contribution in [0.25, 0.3) is 0 Å². The van der Waals surface area contributed by atoms with Crippen molar-refractivity contribution in [2.45, 2.75) is 64.5 Å². The van der Waals surface area contributed by atoms with E-state index in [0.717, 1.165) is 32.1 Å². The zero-order valence-corrected chi connectivity index (χ0v) is 13.0. The topological polar surface area (TPSA) is 46.2 Å². The molecule has 0 radical (unpaired) electrons. The molecule has 0 saturated carbocycles. The van der Waals surface area contributed by atoms with Crippen LogP contribution in [0.5, 0.6) is 0 Å². The van der Waals surface area contributed by atoms with Crippen molar-refractivity contribution in [3.05, 3.63) is 48.6 Å². The fraction of sp³-hybridized carbons (Fsp3) is 0.556. The highest BCUT2D eigenvalue weighted by Crippen LogP contribution is 2.00. The monoisotopic (exact) mass is 277 g/mol. The molecule has 0 amide bonds. The molecule has 0 heterocycles. The Kier molecular flexibility index (Phi) is 13.5. The third kappa shape index (κ3) is 13.3. The summed E-state index contributed by atoms with van der Waals surface area (Å²) in [6.45, 7) is 3.97. The molecule has 0 aliphatic carbocycles. The first-order valence-corrected chi connectivity index (χ1v) is 7.72. The third-order valence-electron chi connectivity index (χ3n) is 2.93. The zero-order valence-electron chi connectivity index (χ0n) is 13.0. The highest BCUT2D eigenvalue weighted by atomic mass is 16.3. The summed E-state index contributed by atoms with van der Waals surface area (Å²) >= 11 is 0. The van der Waals surface area contributed by atoms with Crippen molar-refractivity contribution in [2.75, 3.05) is 0 Å². The molecule has 0 aliphatic rings. The largest absolute Gasteiger partial charge is 0.391 e. The predicted octanol–water partition coefficient (Wildman–Crippen LogP) is 4.28. The van der Waals surface area contributed by atoms with Crippen LogP contribution in [0.4, 0.5) is 0 Å². The highest BCUT2D eigenvalue weighted by molar-refractivity contribution is 4.97. The van der Waals surface area contributed by atoms with E-state index in [1.807, 2.05) is 13.0 Å². The van der Waals surface area contributed by atoms with Gasteiger partial charge in [0.1, 0.15) is 0 Å². The summed E-state index contributed by atoms with van der Waals surface area (Å²) in [6, 6.07) is -0.154. The van der Waals surface area contributed by atoms with Crippen LogP contribution in [-0.2, 0) is 0 Å². The van der Waals surface area contributed by atoms with E-state index in [9.17, 15) is 5.11 Å². The molecule has 0 aliphatic heterocycles. The van der Waals surface area contributed by atoms with Crippen molar-refractivity contribution in [3.8, 4) is 0 Å². The molecule has 2 unspecified atom stereocenters. The smallest absolute Gasteiger partial charge is 0.0722 e. The lowest BCUT2D eigenvalue weighted by Gasteiger charge is -2.10. The molecule has 0 aromatic carbocycles. The minimum atomic E-state index is -0.423. The van der Waals surface area contributed by atoms with Crippen molar-refractivity contribution in [3.63, 3.8) is 0 Å². The number of hydrogen-bond acceptors (Lipinski definition) is 2. The minimum absolute atomic E-state index is 0.154. The fourth-order valence-electron chi connectivity index (χ4n) is 1.59. The summed E-state index contributed by atoms with van der Waals surface area (Å²) < 4.78 is 0. The maximum atomic E-state index is 9.50. The number of unbranched alkanes of at least 4 members (excludes halogenated alkanes) is 1. The second kappa shape index (κ2) is 14.3. The molecule has 20 heavy (non-hydrogen) atoms. The second-order valence-corrected chi connectivity index (χ2v) is 5.00. The third-order valence-corrected chi connectivity index (χ3v) is 2.93. The van der Waals surface area contributed by atoms with Gasteiger partial charge in [-0.2, -0.15) is 0 Å². The van der Waals surface area contributed by atoms with E-state index in [2.05, 4.69) is 49.5 Å². The molecule has 0 saturated heterocycles. The Hall–Kier alpha value is -1.12. The molecular formula is C18H31NO. The number of aliphatic hydroxyl groups excluding tert-OH is 1. The maximum Gasteiger partial charge on any atom is 0.0722 e. The van der Waals surface area contributed by atoms with Crippen molar-refractivity contribution < 1.29 is 5.11 Å². The van der Waals surface area contributed by atoms with Crippen molar-refractivity contribution in [1.29, 1.82) is 0 Å². The molecule has 0 aromatic rings. The standard InChI is InChI=1S/C18H31NO/c1-3-4-5-6-7-8-9-10-11-12-13-14-15-16-18(20)17(2)19/h4-5,7-8,10-11,14-15,17-18,20H,3,6,9,12-13,16,19H2,1-2H3/b5-4+,8-7+,11-10+,15-14+. The predicted molar refractivity (Wildman–Crippen MR) is 89.6 cm³/mol. The second-order valence-electron chi connectivity index (χ2n) is 5.00. The molecular weight excluding hydrogens is 246 g/mol. The Morgan fingerprint density at radius 2 is 1.35 bits per heavy atom. The van der Waals surface area contributed by atoms with Gasteiger partial charge in [-0.15, -0.1) is 0 Å². The van der Waals surface area contributed by atoms with Crippen molar-refractivity contribution >= 4 is 0 Å². The average Bonchev–Trinajstić information content (AvgIpc) is 2.43. The van der Waals surface area contributed by atoms with E-state index in [0.29, 0.717) is 6.42 Å². The highest BCUT2D eigenvalue weighted by Gasteiger charge is 2.05. The van der Waals surface area contributed by atoms with Gasteiger partial charge < -0.3 is 10.8 Å². The minimum Gasteiger partial charge on any atom is -0.391 e. The van der Waals surface area contributed by atoms with Gasteiger partial charge in [0.05, 0.1) is 6.10 Å². The SMILES string of the molecule is CC/C=C/C/C=C/C/C=C/CC/C=C/CC(O)C(C)N. The van der Waals surface area contributed by atoms with Gasteiger partial charge in [0, 0.05) is 6.04 Å². The Morgan fingerprint density at radius 1 is 0.850 bits per heavy atom. The summed E-state index contributed by atoms with van der Waals surface area (Å²) in [4.78, 5) is 0. The van der Waals surface area contributed by atoms with E-state index in [1.165, 1.54) is 0 Å². The van der Waals surface area contributed by atoms with E-state index < -0.39 is 6.10 Å². The van der Waals surface area contributed by atoms with E-state index in [-0.39, 0.29) is 6.04 Å². The molecule has 2 atom stereocenters. The summed E-state index contributed by atoms with van der Waals surface area (Å²) in [5, 5.41) is 9.50.